The van der Waals surface area contributed by atoms with Gasteiger partial charge in [0.2, 0.25) is 10.0 Å². The molecule has 0 aromatic heterocycles. The van der Waals surface area contributed by atoms with Crippen molar-refractivity contribution in [3.63, 3.8) is 0 Å². The second-order valence-corrected chi connectivity index (χ2v) is 10.6. The Morgan fingerprint density at radius 1 is 1.09 bits per heavy atom. The molecular formula is C26H33N3O4S. The van der Waals surface area contributed by atoms with Crippen LogP contribution in [0.1, 0.15) is 54.6 Å². The SMILES string of the molecule is CCN(CC)C(=O)c1ccc(C2=CC3(CCCNCC3)Oc3ccc(S(=O)(=O)NC)cc32)cc1. The Hall–Kier alpha value is -2.68. The van der Waals surface area contributed by atoms with E-state index >= 15 is 0 Å². The van der Waals surface area contributed by atoms with Crippen molar-refractivity contribution in [2.24, 2.45) is 0 Å². The molecule has 1 spiro atoms. The highest BCUT2D eigenvalue weighted by Gasteiger charge is 2.36. The van der Waals surface area contributed by atoms with Crippen LogP contribution in [0.15, 0.2) is 53.4 Å². The fourth-order valence-corrected chi connectivity index (χ4v) is 5.47. The van der Waals surface area contributed by atoms with Crippen LogP contribution < -0.4 is 14.8 Å². The van der Waals surface area contributed by atoms with Crippen LogP contribution in [-0.4, -0.2) is 58.1 Å². The lowest BCUT2D eigenvalue weighted by molar-refractivity contribution is 0.0773. The molecule has 1 unspecified atom stereocenters. The van der Waals surface area contributed by atoms with Gasteiger partial charge in [-0.25, -0.2) is 13.1 Å². The van der Waals surface area contributed by atoms with E-state index in [4.69, 9.17) is 4.74 Å². The standard InChI is InChI=1S/C26H33N3O4S/c1-4-29(5-2)25(30)20-9-7-19(8-10-20)23-18-26(13-6-15-28-16-14-26)33-24-12-11-21(17-22(23)24)34(31,32)27-3/h7-12,17-18,27-28H,4-6,13-16H2,1-3H3. The van der Waals surface area contributed by atoms with Crippen molar-refractivity contribution in [3.8, 4) is 5.75 Å². The first kappa shape index (κ1) is 24.4. The first-order chi connectivity index (χ1) is 16.3. The second-order valence-electron chi connectivity index (χ2n) is 8.75. The maximum atomic E-state index is 12.8. The van der Waals surface area contributed by atoms with Gasteiger partial charge in [0.25, 0.3) is 5.91 Å². The second kappa shape index (κ2) is 9.90. The van der Waals surface area contributed by atoms with E-state index in [-0.39, 0.29) is 10.8 Å². The zero-order valence-corrected chi connectivity index (χ0v) is 20.9. The lowest BCUT2D eigenvalue weighted by atomic mass is 9.84. The topological polar surface area (TPSA) is 87.7 Å². The lowest BCUT2D eigenvalue weighted by Gasteiger charge is -2.36. The van der Waals surface area contributed by atoms with Crippen molar-refractivity contribution >= 4 is 21.5 Å². The Kier molecular flexibility index (Phi) is 7.12. The number of carbonyl (C=O) groups excluding carboxylic acids is 1. The monoisotopic (exact) mass is 483 g/mol. The maximum Gasteiger partial charge on any atom is 0.253 e. The molecule has 2 aromatic rings. The first-order valence-corrected chi connectivity index (χ1v) is 13.4. The van der Waals surface area contributed by atoms with Crippen LogP contribution >= 0.6 is 0 Å². The molecule has 1 fully saturated rings. The number of sulfonamides is 1. The minimum absolute atomic E-state index is 0.00613. The van der Waals surface area contributed by atoms with Gasteiger partial charge in [-0.15, -0.1) is 0 Å². The molecule has 0 saturated carbocycles. The maximum absolute atomic E-state index is 12.8. The Labute approximate surface area is 202 Å². The van der Waals surface area contributed by atoms with Gasteiger partial charge in [0.1, 0.15) is 11.4 Å². The Bertz CT molecular complexity index is 1180. The number of fused-ring (bicyclic) bond motifs is 1. The number of carbonyl (C=O) groups is 1. The summed E-state index contributed by atoms with van der Waals surface area (Å²) in [5.74, 6) is 0.685. The van der Waals surface area contributed by atoms with E-state index in [2.05, 4.69) is 16.1 Å². The largest absolute Gasteiger partial charge is 0.482 e. The van der Waals surface area contributed by atoms with Gasteiger partial charge in [-0.1, -0.05) is 12.1 Å². The molecule has 2 aliphatic heterocycles. The third-order valence-electron chi connectivity index (χ3n) is 6.71. The Morgan fingerprint density at radius 3 is 2.50 bits per heavy atom. The Morgan fingerprint density at radius 2 is 1.82 bits per heavy atom. The minimum atomic E-state index is -3.60. The molecule has 7 nitrogen and oxygen atoms in total. The third-order valence-corrected chi connectivity index (χ3v) is 8.12. The van der Waals surface area contributed by atoms with Crippen molar-refractivity contribution in [1.82, 2.24) is 14.9 Å². The van der Waals surface area contributed by atoms with Crippen molar-refractivity contribution < 1.29 is 17.9 Å². The van der Waals surface area contributed by atoms with E-state index in [0.717, 1.165) is 49.1 Å². The van der Waals surface area contributed by atoms with Crippen molar-refractivity contribution in [3.05, 3.63) is 65.2 Å². The van der Waals surface area contributed by atoms with Gasteiger partial charge >= 0.3 is 0 Å². The minimum Gasteiger partial charge on any atom is -0.482 e. The average molecular weight is 484 g/mol. The molecule has 8 heteroatoms. The highest BCUT2D eigenvalue weighted by molar-refractivity contribution is 7.89. The Balaban J connectivity index is 1.80. The molecule has 2 heterocycles. The van der Waals surface area contributed by atoms with E-state index in [0.29, 0.717) is 24.4 Å². The predicted octanol–water partition coefficient (Wildman–Crippen LogP) is 3.41. The van der Waals surface area contributed by atoms with Crippen LogP contribution in [0.4, 0.5) is 0 Å². The van der Waals surface area contributed by atoms with E-state index in [1.165, 1.54) is 7.05 Å². The molecule has 2 aromatic carbocycles. The smallest absolute Gasteiger partial charge is 0.253 e. The molecule has 0 aliphatic carbocycles. The van der Waals surface area contributed by atoms with Gasteiger partial charge in [-0.2, -0.15) is 0 Å². The van der Waals surface area contributed by atoms with E-state index in [9.17, 15) is 13.2 Å². The number of rotatable bonds is 6. The van der Waals surface area contributed by atoms with Gasteiger partial charge in [0.05, 0.1) is 4.90 Å². The van der Waals surface area contributed by atoms with Crippen molar-refractivity contribution in [1.29, 1.82) is 0 Å². The highest BCUT2D eigenvalue weighted by Crippen LogP contribution is 2.43. The molecule has 0 bridgehead atoms. The highest BCUT2D eigenvalue weighted by atomic mass is 32.2. The molecule has 1 amide bonds. The van der Waals surface area contributed by atoms with Gasteiger partial charge < -0.3 is 15.0 Å². The summed E-state index contributed by atoms with van der Waals surface area (Å²) in [6.07, 6.45) is 4.84. The van der Waals surface area contributed by atoms with Crippen LogP contribution in [-0.2, 0) is 10.0 Å². The van der Waals surface area contributed by atoms with Crippen molar-refractivity contribution in [2.45, 2.75) is 43.6 Å². The van der Waals surface area contributed by atoms with Gasteiger partial charge in [0, 0.05) is 30.6 Å². The summed E-state index contributed by atoms with van der Waals surface area (Å²) in [5.41, 5.74) is 2.78. The number of amides is 1. The number of ether oxygens (including phenoxy) is 1. The zero-order chi connectivity index (χ0) is 24.3. The van der Waals surface area contributed by atoms with Crippen LogP contribution in [0.25, 0.3) is 5.57 Å². The van der Waals surface area contributed by atoms with Crippen LogP contribution in [0.5, 0.6) is 5.75 Å². The molecule has 1 atom stereocenters. The number of benzene rings is 2. The first-order valence-electron chi connectivity index (χ1n) is 11.9. The molecular weight excluding hydrogens is 450 g/mol. The molecule has 0 radical (unpaired) electrons. The summed E-state index contributed by atoms with van der Waals surface area (Å²) in [5, 5.41) is 3.44. The number of nitrogens with one attached hydrogen (secondary N) is 2. The number of hydrogen-bond acceptors (Lipinski definition) is 5. The quantitative estimate of drug-likeness (QED) is 0.658. The number of hydrogen-bond donors (Lipinski definition) is 2. The van der Waals surface area contributed by atoms with E-state index in [1.54, 1.807) is 23.1 Å². The van der Waals surface area contributed by atoms with Crippen LogP contribution in [0.2, 0.25) is 0 Å². The number of nitrogens with zero attached hydrogens (tertiary/aromatic N) is 1. The summed E-state index contributed by atoms with van der Waals surface area (Å²) in [6, 6.07) is 12.6. The summed E-state index contributed by atoms with van der Waals surface area (Å²) in [7, 11) is -2.20. The average Bonchev–Trinajstić information content (AvgIpc) is 3.09. The predicted molar refractivity (Wildman–Crippen MR) is 134 cm³/mol. The van der Waals surface area contributed by atoms with E-state index in [1.807, 2.05) is 38.1 Å². The molecule has 34 heavy (non-hydrogen) atoms. The van der Waals surface area contributed by atoms with E-state index < -0.39 is 15.6 Å². The zero-order valence-electron chi connectivity index (χ0n) is 20.1. The summed E-state index contributed by atoms with van der Waals surface area (Å²) >= 11 is 0. The molecule has 2 N–H and O–H groups in total. The molecule has 2 aliphatic rings. The third kappa shape index (κ3) is 4.76. The van der Waals surface area contributed by atoms with Crippen LogP contribution in [0, 0.1) is 0 Å². The normalized spacial score (nSPS) is 20.1. The molecule has 4 rings (SSSR count). The van der Waals surface area contributed by atoms with Crippen molar-refractivity contribution in [2.75, 3.05) is 33.2 Å². The summed E-state index contributed by atoms with van der Waals surface area (Å²) < 4.78 is 33.9. The summed E-state index contributed by atoms with van der Waals surface area (Å²) in [6.45, 7) is 7.05. The van der Waals surface area contributed by atoms with Gasteiger partial charge in [-0.05, 0) is 94.4 Å². The van der Waals surface area contributed by atoms with Gasteiger partial charge in [-0.3, -0.25) is 4.79 Å². The lowest BCUT2D eigenvalue weighted by Crippen LogP contribution is -2.37. The fraction of sp³-hybridized carbons (Fsp3) is 0.423. The fourth-order valence-electron chi connectivity index (χ4n) is 4.72. The van der Waals surface area contributed by atoms with Gasteiger partial charge in [0.15, 0.2) is 0 Å². The molecule has 1 saturated heterocycles. The van der Waals surface area contributed by atoms with Crippen LogP contribution in [0.3, 0.4) is 0 Å². The summed E-state index contributed by atoms with van der Waals surface area (Å²) in [4.78, 5) is 14.8. The molecule has 182 valence electrons.